The average Bonchev–Trinajstić information content (AvgIpc) is 2.39. The summed E-state index contributed by atoms with van der Waals surface area (Å²) in [4.78, 5) is 142. The second kappa shape index (κ2) is 25.9. The molecule has 1 unspecified atom stereocenters. The molecule has 0 radical (unpaired) electrons. The Morgan fingerprint density at radius 2 is 1.52 bits per heavy atom. The molecule has 3 saturated heterocycles. The molecule has 5 aliphatic rings. The number of unbranched alkanes of at least 4 members (excludes halogenated alkanes) is 2. The Morgan fingerprint density at radius 3 is 2.21 bits per heavy atom. The molecule has 0 aliphatic carbocycles. The quantitative estimate of drug-likeness (QED) is 0.0480. The van der Waals surface area contributed by atoms with Crippen LogP contribution in [0, 0.1) is 0 Å². The van der Waals surface area contributed by atoms with Crippen molar-refractivity contribution < 1.29 is 56.7 Å². The second-order valence-corrected chi connectivity index (χ2v) is 25.3. The number of hydrogen-bond donors (Lipinski definition) is 6. The lowest BCUT2D eigenvalue weighted by molar-refractivity contribution is -0.144. The number of imide groups is 1. The molecule has 1 aromatic heterocycles. The fourth-order valence-corrected chi connectivity index (χ4v) is 13.1. The van der Waals surface area contributed by atoms with Gasteiger partial charge in [0.05, 0.1) is 4.88 Å². The van der Waals surface area contributed by atoms with Crippen molar-refractivity contribution in [3.05, 3.63) is 104 Å². The number of halogens is 2. The van der Waals surface area contributed by atoms with E-state index >= 15 is 0 Å². The van der Waals surface area contributed by atoms with Crippen LogP contribution in [0.4, 0.5) is 8.78 Å². The highest BCUT2D eigenvalue weighted by atomic mass is 32.1. The number of carbonyl (C=O) groups is 10. The topological polar surface area (TPSA) is 270 Å². The van der Waals surface area contributed by atoms with Gasteiger partial charge in [-0.25, -0.2) is 8.78 Å². The maximum atomic E-state index is 14.7. The molecule has 0 bridgehead atoms. The summed E-state index contributed by atoms with van der Waals surface area (Å²) in [5, 5.41) is 14.2. The third-order valence-corrected chi connectivity index (χ3v) is 18.2. The second-order valence-electron chi connectivity index (χ2n) is 24.3. The van der Waals surface area contributed by atoms with Crippen LogP contribution in [0.25, 0.3) is 10.1 Å². The molecule has 454 valence electrons. The smallest absolute Gasteiger partial charge is 0.270 e. The number of benzene rings is 3. The van der Waals surface area contributed by atoms with Crippen molar-refractivity contribution in [2.75, 3.05) is 26.2 Å². The van der Waals surface area contributed by atoms with E-state index in [2.05, 4.69) is 47.4 Å². The molecule has 3 aromatic carbocycles. The van der Waals surface area contributed by atoms with Crippen LogP contribution in [-0.2, 0) is 75.7 Å². The number of hydrogen-bond acceptors (Lipinski definition) is 12. The number of rotatable bonds is 21. The summed E-state index contributed by atoms with van der Waals surface area (Å²) in [6, 6.07) is 11.4. The van der Waals surface area contributed by atoms with Gasteiger partial charge in [0.1, 0.15) is 30.2 Å². The molecule has 20 nitrogen and oxygen atoms in total. The van der Waals surface area contributed by atoms with Crippen molar-refractivity contribution in [2.24, 2.45) is 5.73 Å². The summed E-state index contributed by atoms with van der Waals surface area (Å²) < 4.78 is 29.0. The Hall–Kier alpha value is -7.66. The molecule has 9 rings (SSSR count). The summed E-state index contributed by atoms with van der Waals surface area (Å²) >= 11 is 1.11. The van der Waals surface area contributed by atoms with Gasteiger partial charge >= 0.3 is 0 Å². The highest BCUT2D eigenvalue weighted by molar-refractivity contribution is 7.20. The summed E-state index contributed by atoms with van der Waals surface area (Å²) in [5.41, 5.74) is 10.1. The maximum Gasteiger partial charge on any atom is 0.270 e. The number of nitrogens with one attached hydrogen (secondary N) is 5. The largest absolute Gasteiger partial charge is 0.370 e. The zero-order valence-electron chi connectivity index (χ0n) is 48.8. The van der Waals surface area contributed by atoms with Crippen molar-refractivity contribution >= 4 is 80.5 Å². The van der Waals surface area contributed by atoms with Gasteiger partial charge in [-0.05, 0) is 114 Å². The Balaban J connectivity index is 0.815. The van der Waals surface area contributed by atoms with E-state index in [4.69, 9.17) is 5.73 Å². The van der Waals surface area contributed by atoms with Crippen molar-refractivity contribution in [1.29, 1.82) is 0 Å². The lowest BCUT2D eigenvalue weighted by atomic mass is 9.86. The average molecular weight is 1190 g/mol. The molecule has 23 heteroatoms. The fourth-order valence-electron chi connectivity index (χ4n) is 12.2. The van der Waals surface area contributed by atoms with E-state index in [-0.39, 0.29) is 104 Å². The molecule has 6 heterocycles. The van der Waals surface area contributed by atoms with E-state index in [1.54, 1.807) is 4.90 Å². The number of nitrogens with two attached hydrogens (primary N) is 1. The Morgan fingerprint density at radius 1 is 0.788 bits per heavy atom. The number of carbonyl (C=O) groups excluding carboxylic acids is 10. The number of nitrogens with zero attached hydrogens (tertiary/aromatic N) is 4. The van der Waals surface area contributed by atoms with E-state index in [9.17, 15) is 56.7 Å². The SMILES string of the molecule is CCN1CC[C@H]2CC[C@@H](C(=O)N[C@@H](CCC(N)=O)C(=O)N[C@@H](Cc3ccc(C(C)(C)C)cc3)C(=O)NCCCCCC(=O)N3Cc4cc5c(cc4C3)C(=O)N(C3CCC(=O)NC3=O)C5)N2C(=O)[C@@H](NC(=O)c2cc3cc(C(C)(F)F)ccc3s2)C1. The predicted octanol–water partition coefficient (Wildman–Crippen LogP) is 4.95. The minimum Gasteiger partial charge on any atom is -0.370 e. The highest BCUT2D eigenvalue weighted by Crippen LogP contribution is 2.36. The van der Waals surface area contributed by atoms with E-state index in [0.717, 1.165) is 46.1 Å². The fraction of sp³-hybridized carbons (Fsp3) is 0.516. The van der Waals surface area contributed by atoms with Crippen LogP contribution < -0.4 is 32.3 Å². The van der Waals surface area contributed by atoms with Crippen molar-refractivity contribution in [2.45, 2.75) is 179 Å². The summed E-state index contributed by atoms with van der Waals surface area (Å²) in [5.74, 6) is -7.92. The van der Waals surface area contributed by atoms with Crippen LogP contribution in [0.3, 0.4) is 0 Å². The first-order valence-electron chi connectivity index (χ1n) is 29.5. The zero-order chi connectivity index (χ0) is 61.1. The first kappa shape index (κ1) is 61.9. The minimum absolute atomic E-state index is 0.0527. The Labute approximate surface area is 496 Å². The molecule has 0 spiro atoms. The van der Waals surface area contributed by atoms with Crippen molar-refractivity contribution in [1.82, 2.24) is 46.2 Å². The number of amides is 10. The lowest BCUT2D eigenvalue weighted by Gasteiger charge is -2.38. The summed E-state index contributed by atoms with van der Waals surface area (Å²) in [6.07, 6.45) is 3.17. The molecule has 5 aliphatic heterocycles. The number of alkyl halides is 2. The first-order chi connectivity index (χ1) is 40.3. The molecule has 4 aromatic rings. The van der Waals surface area contributed by atoms with Gasteiger partial charge in [-0.15, -0.1) is 11.3 Å². The van der Waals surface area contributed by atoms with Gasteiger partial charge in [-0.3, -0.25) is 53.3 Å². The Kier molecular flexibility index (Phi) is 18.9. The van der Waals surface area contributed by atoms with Crippen LogP contribution in [0.1, 0.15) is 159 Å². The van der Waals surface area contributed by atoms with Crippen LogP contribution >= 0.6 is 11.3 Å². The van der Waals surface area contributed by atoms with Crippen molar-refractivity contribution in [3.63, 3.8) is 0 Å². The van der Waals surface area contributed by atoms with Gasteiger partial charge in [0.15, 0.2) is 0 Å². The van der Waals surface area contributed by atoms with Gasteiger partial charge in [0.2, 0.25) is 47.3 Å². The lowest BCUT2D eigenvalue weighted by Crippen LogP contribution is -2.61. The van der Waals surface area contributed by atoms with Crippen LogP contribution in [0.2, 0.25) is 0 Å². The van der Waals surface area contributed by atoms with E-state index in [1.165, 1.54) is 34.1 Å². The summed E-state index contributed by atoms with van der Waals surface area (Å²) in [7, 11) is 0. The molecule has 6 atom stereocenters. The molecular weight excluding hydrogens is 1110 g/mol. The molecular formula is C62H76F2N10O10S. The molecule has 7 N–H and O–H groups in total. The first-order valence-corrected chi connectivity index (χ1v) is 30.3. The third kappa shape index (κ3) is 14.5. The normalized spacial score (nSPS) is 20.7. The molecule has 3 fully saturated rings. The maximum absolute atomic E-state index is 14.7. The number of thiophene rings is 1. The molecule has 85 heavy (non-hydrogen) atoms. The highest BCUT2D eigenvalue weighted by Gasteiger charge is 2.46. The zero-order valence-corrected chi connectivity index (χ0v) is 49.6. The number of primary amides is 1. The van der Waals surface area contributed by atoms with Crippen LogP contribution in [0.15, 0.2) is 60.7 Å². The van der Waals surface area contributed by atoms with E-state index in [1.807, 2.05) is 48.2 Å². The standard InChI is InChI=1S/C62H76F2N10O10S/c1-6-71-25-23-42-16-18-48(74(42)60(84)46(34-71)69-58(82)50-30-36-28-41(62(5,63)64)15-20-49(36)85-50)57(81)67-44(17-21-51(65)75)55(79)68-45(26-35-11-13-40(14-12-35)61(2,3)4)54(78)66-24-9-7-8-10-53(77)72-31-37-27-39-33-73(47-19-22-52(76)70-56(47)80)59(83)43(39)29-38(37)32-72/h11-15,20,27-30,42,44-48H,6-10,16-19,21-26,31-34H2,1-5H3,(H2,65,75)(H,66,78)(H,67,81)(H,68,79)(H,69,82)(H,70,76,80)/t42-,44+,45+,46+,47?,48+/m1/s1. The molecule has 0 saturated carbocycles. The van der Waals surface area contributed by atoms with Gasteiger partial charge < -0.3 is 46.6 Å². The van der Waals surface area contributed by atoms with Gasteiger partial charge in [-0.2, -0.15) is 0 Å². The van der Waals surface area contributed by atoms with E-state index < -0.39 is 77.5 Å². The van der Waals surface area contributed by atoms with Crippen LogP contribution in [0.5, 0.6) is 0 Å². The number of piperidine rings is 1. The van der Waals surface area contributed by atoms with Gasteiger partial charge in [0, 0.05) is 93.7 Å². The van der Waals surface area contributed by atoms with Gasteiger partial charge in [-0.1, -0.05) is 70.5 Å². The minimum atomic E-state index is -3.09. The Bertz CT molecular complexity index is 3290. The number of fused-ring (bicyclic) bond motifs is 4. The van der Waals surface area contributed by atoms with Gasteiger partial charge in [0.25, 0.3) is 17.7 Å². The predicted molar refractivity (Wildman–Crippen MR) is 312 cm³/mol. The third-order valence-electron chi connectivity index (χ3n) is 17.1. The van der Waals surface area contributed by atoms with E-state index in [0.29, 0.717) is 73.9 Å². The number of likely N-dealkylation sites (N-methyl/N-ethyl adjacent to an activating group) is 1. The van der Waals surface area contributed by atoms with Crippen LogP contribution in [-0.4, -0.2) is 141 Å². The monoisotopic (exact) mass is 1190 g/mol. The van der Waals surface area contributed by atoms with Crippen molar-refractivity contribution in [3.8, 4) is 0 Å². The summed E-state index contributed by atoms with van der Waals surface area (Å²) in [6.45, 7) is 11.5. The molecule has 10 amide bonds.